The van der Waals surface area contributed by atoms with E-state index in [2.05, 4.69) is 15.2 Å². The molecule has 0 saturated heterocycles. The van der Waals surface area contributed by atoms with Crippen molar-refractivity contribution in [2.75, 3.05) is 0 Å². The van der Waals surface area contributed by atoms with Crippen LogP contribution in [0.5, 0.6) is 23.1 Å². The van der Waals surface area contributed by atoms with E-state index < -0.39 is 0 Å². The molecule has 0 fully saturated rings. The van der Waals surface area contributed by atoms with Gasteiger partial charge in [-0.15, -0.1) is 5.11 Å². The lowest BCUT2D eigenvalue weighted by Gasteiger charge is -1.97. The number of aromatic hydroxyl groups is 4. The molecule has 21 heavy (non-hydrogen) atoms. The van der Waals surface area contributed by atoms with Gasteiger partial charge in [-0.2, -0.15) is 5.11 Å². The van der Waals surface area contributed by atoms with E-state index in [9.17, 15) is 20.4 Å². The topological polar surface area (TPSA) is 121 Å². The van der Waals surface area contributed by atoms with Crippen LogP contribution in [0.1, 0.15) is 0 Å². The Balaban J connectivity index is 2.05. The highest BCUT2D eigenvalue weighted by Crippen LogP contribution is 2.40. The Labute approximate surface area is 118 Å². The summed E-state index contributed by atoms with van der Waals surface area (Å²) in [6.45, 7) is 0. The van der Waals surface area contributed by atoms with Crippen molar-refractivity contribution >= 4 is 22.3 Å². The lowest BCUT2D eigenvalue weighted by Crippen LogP contribution is -1.70. The molecule has 0 saturated carbocycles. The van der Waals surface area contributed by atoms with Crippen LogP contribution in [-0.2, 0) is 0 Å². The zero-order valence-corrected chi connectivity index (χ0v) is 10.6. The minimum atomic E-state index is -0.317. The van der Waals surface area contributed by atoms with Crippen LogP contribution >= 0.6 is 0 Å². The summed E-state index contributed by atoms with van der Waals surface area (Å²) >= 11 is 0. The van der Waals surface area contributed by atoms with E-state index in [0.717, 1.165) is 0 Å². The number of nitrogens with zero attached hydrogens (tertiary/aromatic N) is 2. The van der Waals surface area contributed by atoms with Crippen LogP contribution in [0, 0.1) is 0 Å². The van der Waals surface area contributed by atoms with E-state index in [1.54, 1.807) is 12.1 Å². The number of phenolic OH excluding ortho intramolecular Hbond substituents is 3. The van der Waals surface area contributed by atoms with Gasteiger partial charge < -0.3 is 25.4 Å². The molecule has 7 nitrogen and oxygen atoms in total. The van der Waals surface area contributed by atoms with Crippen molar-refractivity contribution in [1.29, 1.82) is 0 Å². The molecule has 5 N–H and O–H groups in total. The van der Waals surface area contributed by atoms with Gasteiger partial charge in [-0.1, -0.05) is 0 Å². The predicted molar refractivity (Wildman–Crippen MR) is 75.6 cm³/mol. The fourth-order valence-corrected chi connectivity index (χ4v) is 1.92. The Bertz CT molecular complexity index is 838. The summed E-state index contributed by atoms with van der Waals surface area (Å²) in [7, 11) is 0. The quantitative estimate of drug-likeness (QED) is 0.366. The number of hydrogen-bond donors (Lipinski definition) is 5. The number of phenols is 3. The third-order valence-corrected chi connectivity index (χ3v) is 2.96. The van der Waals surface area contributed by atoms with E-state index in [1.807, 2.05) is 0 Å². The number of aromatic nitrogens is 1. The van der Waals surface area contributed by atoms with Crippen LogP contribution in [-0.4, -0.2) is 25.4 Å². The predicted octanol–water partition coefficient (Wildman–Crippen LogP) is 3.41. The Morgan fingerprint density at radius 2 is 1.48 bits per heavy atom. The van der Waals surface area contributed by atoms with Gasteiger partial charge >= 0.3 is 0 Å². The van der Waals surface area contributed by atoms with Gasteiger partial charge in [0.1, 0.15) is 5.75 Å². The zero-order chi connectivity index (χ0) is 15.0. The van der Waals surface area contributed by atoms with Gasteiger partial charge in [0.25, 0.3) is 0 Å². The standard InChI is InChI=1S/C14H11N3O4/c18-8-3-1-7(2-4-8)16-17-13-9-5-11(19)12(20)6-10(9)15-14(13)21/h1-6,15,18-21H. The molecular formula is C14H11N3O4. The van der Waals surface area contributed by atoms with Crippen molar-refractivity contribution in [2.24, 2.45) is 10.2 Å². The Kier molecular flexibility index (Phi) is 2.87. The third-order valence-electron chi connectivity index (χ3n) is 2.96. The lowest BCUT2D eigenvalue weighted by atomic mass is 10.2. The number of nitrogens with one attached hydrogen (secondary N) is 1. The molecule has 0 amide bonds. The van der Waals surface area contributed by atoms with Crippen LogP contribution in [0.3, 0.4) is 0 Å². The first-order valence-electron chi connectivity index (χ1n) is 6.02. The summed E-state index contributed by atoms with van der Waals surface area (Å²) < 4.78 is 0. The third kappa shape index (κ3) is 2.32. The minimum Gasteiger partial charge on any atom is -0.508 e. The molecule has 0 radical (unpaired) electrons. The maximum atomic E-state index is 9.83. The van der Waals surface area contributed by atoms with Gasteiger partial charge in [0.15, 0.2) is 17.2 Å². The van der Waals surface area contributed by atoms with Gasteiger partial charge in [0.05, 0.1) is 11.2 Å². The molecule has 3 aromatic rings. The largest absolute Gasteiger partial charge is 0.508 e. The number of azo groups is 1. The van der Waals surface area contributed by atoms with E-state index in [1.165, 1.54) is 24.3 Å². The van der Waals surface area contributed by atoms with Gasteiger partial charge in [0, 0.05) is 11.5 Å². The number of fused-ring (bicyclic) bond motifs is 1. The average Bonchev–Trinajstić information content (AvgIpc) is 2.74. The van der Waals surface area contributed by atoms with Gasteiger partial charge in [0.2, 0.25) is 5.88 Å². The molecule has 2 aromatic carbocycles. The summed E-state index contributed by atoms with van der Waals surface area (Å²) in [5.41, 5.74) is 1.06. The fourth-order valence-electron chi connectivity index (χ4n) is 1.92. The number of hydrogen-bond acceptors (Lipinski definition) is 6. The van der Waals surface area contributed by atoms with Crippen LogP contribution in [0.15, 0.2) is 46.6 Å². The molecule has 0 aliphatic heterocycles. The summed E-state index contributed by atoms with van der Waals surface area (Å²) in [5, 5.41) is 46.2. The second-order valence-corrected chi connectivity index (χ2v) is 4.43. The van der Waals surface area contributed by atoms with E-state index in [0.29, 0.717) is 16.6 Å². The second kappa shape index (κ2) is 4.71. The number of rotatable bonds is 2. The summed E-state index contributed by atoms with van der Waals surface area (Å²) in [6, 6.07) is 8.62. The van der Waals surface area contributed by atoms with Crippen LogP contribution in [0.4, 0.5) is 11.4 Å². The van der Waals surface area contributed by atoms with Crippen LogP contribution in [0.25, 0.3) is 10.9 Å². The maximum Gasteiger partial charge on any atom is 0.218 e. The Hall–Kier alpha value is -3.22. The highest BCUT2D eigenvalue weighted by Gasteiger charge is 2.13. The molecule has 0 atom stereocenters. The minimum absolute atomic E-state index is 0.115. The van der Waals surface area contributed by atoms with Crippen molar-refractivity contribution in [2.45, 2.75) is 0 Å². The Morgan fingerprint density at radius 1 is 0.810 bits per heavy atom. The molecule has 0 spiro atoms. The van der Waals surface area contributed by atoms with Gasteiger partial charge in [-0.05, 0) is 30.3 Å². The summed E-state index contributed by atoms with van der Waals surface area (Å²) in [5.74, 6) is -0.727. The van der Waals surface area contributed by atoms with Gasteiger partial charge in [-0.25, -0.2) is 0 Å². The first kappa shape index (κ1) is 12.8. The molecule has 0 aliphatic rings. The van der Waals surface area contributed by atoms with Crippen molar-refractivity contribution in [3.8, 4) is 23.1 Å². The Morgan fingerprint density at radius 3 is 2.19 bits per heavy atom. The SMILES string of the molecule is Oc1ccc(N=Nc2c(O)[nH]c3cc(O)c(O)cc23)cc1. The maximum absolute atomic E-state index is 9.83. The number of aromatic amines is 1. The first-order valence-corrected chi connectivity index (χ1v) is 6.02. The summed E-state index contributed by atoms with van der Waals surface area (Å²) in [6.07, 6.45) is 0. The lowest BCUT2D eigenvalue weighted by molar-refractivity contribution is 0.405. The zero-order valence-electron chi connectivity index (χ0n) is 10.6. The number of benzene rings is 2. The van der Waals surface area contributed by atoms with Gasteiger partial charge in [-0.3, -0.25) is 0 Å². The van der Waals surface area contributed by atoms with Crippen molar-refractivity contribution < 1.29 is 20.4 Å². The molecule has 0 aliphatic carbocycles. The molecule has 106 valence electrons. The fraction of sp³-hybridized carbons (Fsp3) is 0. The van der Waals surface area contributed by atoms with Crippen LogP contribution < -0.4 is 0 Å². The van der Waals surface area contributed by atoms with Crippen molar-refractivity contribution in [1.82, 2.24) is 4.98 Å². The molecule has 1 heterocycles. The van der Waals surface area contributed by atoms with Crippen molar-refractivity contribution in [3.05, 3.63) is 36.4 Å². The number of H-pyrrole nitrogens is 1. The average molecular weight is 285 g/mol. The van der Waals surface area contributed by atoms with E-state index in [4.69, 9.17) is 0 Å². The highest BCUT2D eigenvalue weighted by molar-refractivity contribution is 5.96. The van der Waals surface area contributed by atoms with E-state index >= 15 is 0 Å². The smallest absolute Gasteiger partial charge is 0.218 e. The molecule has 1 aromatic heterocycles. The van der Waals surface area contributed by atoms with E-state index in [-0.39, 0.29) is 28.8 Å². The molecule has 3 rings (SSSR count). The molecule has 7 heteroatoms. The second-order valence-electron chi connectivity index (χ2n) is 4.43. The van der Waals surface area contributed by atoms with Crippen molar-refractivity contribution in [3.63, 3.8) is 0 Å². The molecular weight excluding hydrogens is 274 g/mol. The monoisotopic (exact) mass is 285 g/mol. The molecule has 0 bridgehead atoms. The molecule has 0 unspecified atom stereocenters. The first-order chi connectivity index (χ1) is 10.0. The summed E-state index contributed by atoms with van der Waals surface area (Å²) in [4.78, 5) is 2.63. The normalized spacial score (nSPS) is 11.4. The highest BCUT2D eigenvalue weighted by atomic mass is 16.3. The van der Waals surface area contributed by atoms with Crippen LogP contribution in [0.2, 0.25) is 0 Å².